The minimum Gasteiger partial charge on any atom is -0.334 e. The maximum atomic E-state index is 4.40. The van der Waals surface area contributed by atoms with Gasteiger partial charge in [-0.2, -0.15) is 0 Å². The zero-order chi connectivity index (χ0) is 9.84. The average Bonchev–Trinajstić information content (AvgIpc) is 2.34. The van der Waals surface area contributed by atoms with Crippen LogP contribution in [0.2, 0.25) is 0 Å². The number of imidazole rings is 1. The van der Waals surface area contributed by atoms with E-state index in [0.29, 0.717) is 6.54 Å². The van der Waals surface area contributed by atoms with E-state index in [1.165, 1.54) is 5.69 Å². The number of nitrogens with zero attached hydrogens (tertiary/aromatic N) is 3. The summed E-state index contributed by atoms with van der Waals surface area (Å²) in [4.78, 5) is 8.55. The molecule has 0 aliphatic carbocycles. The summed E-state index contributed by atoms with van der Waals surface area (Å²) in [6, 6.07) is 0. The summed E-state index contributed by atoms with van der Waals surface area (Å²) in [5.74, 6) is 0.994. The predicted molar refractivity (Wildman–Crippen MR) is 55.1 cm³/mol. The Bertz CT molecular complexity index is 334. The Kier molecular flexibility index (Phi) is 3.01. The second kappa shape index (κ2) is 4.03. The highest BCUT2D eigenvalue weighted by molar-refractivity contribution is 5.69. The summed E-state index contributed by atoms with van der Waals surface area (Å²) in [5, 5.41) is 0. The van der Waals surface area contributed by atoms with E-state index in [9.17, 15) is 0 Å². The van der Waals surface area contributed by atoms with E-state index < -0.39 is 0 Å². The van der Waals surface area contributed by atoms with Crippen LogP contribution in [0.3, 0.4) is 0 Å². The molecule has 1 aromatic rings. The Balaban J connectivity index is 2.83. The van der Waals surface area contributed by atoms with Gasteiger partial charge in [0, 0.05) is 19.0 Å². The SMILES string of the molecule is C=CC=NCc1nc(C)c(C)n1C. The Morgan fingerprint density at radius 1 is 1.54 bits per heavy atom. The lowest BCUT2D eigenvalue weighted by atomic mass is 10.4. The van der Waals surface area contributed by atoms with E-state index in [0.717, 1.165) is 11.5 Å². The molecule has 3 heteroatoms. The van der Waals surface area contributed by atoms with E-state index in [2.05, 4.69) is 28.0 Å². The molecular formula is C10H15N3. The molecule has 0 saturated carbocycles. The zero-order valence-electron chi connectivity index (χ0n) is 8.41. The van der Waals surface area contributed by atoms with Crippen LogP contribution in [0.5, 0.6) is 0 Å². The van der Waals surface area contributed by atoms with E-state index in [1.807, 2.05) is 14.0 Å². The van der Waals surface area contributed by atoms with Gasteiger partial charge in [-0.05, 0) is 13.8 Å². The lowest BCUT2D eigenvalue weighted by molar-refractivity contribution is 0.776. The molecule has 0 unspecified atom stereocenters. The van der Waals surface area contributed by atoms with E-state index in [-0.39, 0.29) is 0 Å². The first kappa shape index (κ1) is 9.71. The molecular weight excluding hydrogens is 162 g/mol. The predicted octanol–water partition coefficient (Wildman–Crippen LogP) is 1.79. The van der Waals surface area contributed by atoms with Crippen LogP contribution < -0.4 is 0 Å². The summed E-state index contributed by atoms with van der Waals surface area (Å²) in [6.45, 7) is 8.25. The smallest absolute Gasteiger partial charge is 0.130 e. The van der Waals surface area contributed by atoms with Crippen LogP contribution in [0, 0.1) is 13.8 Å². The molecule has 0 N–H and O–H groups in total. The highest BCUT2D eigenvalue weighted by atomic mass is 15.1. The summed E-state index contributed by atoms with van der Waals surface area (Å²) < 4.78 is 2.07. The van der Waals surface area contributed by atoms with Crippen LogP contribution in [-0.2, 0) is 13.6 Å². The molecule has 0 radical (unpaired) electrons. The molecule has 0 saturated heterocycles. The van der Waals surface area contributed by atoms with Gasteiger partial charge in [0.15, 0.2) is 0 Å². The highest BCUT2D eigenvalue weighted by Gasteiger charge is 2.05. The standard InChI is InChI=1S/C10H15N3/c1-5-6-11-7-10-12-8(2)9(3)13(10)4/h5-6H,1,7H2,2-4H3. The number of hydrogen-bond acceptors (Lipinski definition) is 2. The van der Waals surface area contributed by atoms with Crippen molar-refractivity contribution in [3.63, 3.8) is 0 Å². The highest BCUT2D eigenvalue weighted by Crippen LogP contribution is 2.08. The fourth-order valence-electron chi connectivity index (χ4n) is 1.14. The van der Waals surface area contributed by atoms with E-state index in [4.69, 9.17) is 0 Å². The molecule has 3 nitrogen and oxygen atoms in total. The van der Waals surface area contributed by atoms with Crippen molar-refractivity contribution in [1.82, 2.24) is 9.55 Å². The van der Waals surface area contributed by atoms with Gasteiger partial charge in [-0.15, -0.1) is 0 Å². The van der Waals surface area contributed by atoms with Gasteiger partial charge in [0.2, 0.25) is 0 Å². The number of allylic oxidation sites excluding steroid dienone is 1. The third-order valence-electron chi connectivity index (χ3n) is 2.15. The normalized spacial score (nSPS) is 11.0. The van der Waals surface area contributed by atoms with Gasteiger partial charge in [-0.1, -0.05) is 12.7 Å². The first-order valence-electron chi connectivity index (χ1n) is 4.26. The monoisotopic (exact) mass is 177 g/mol. The third-order valence-corrected chi connectivity index (χ3v) is 2.15. The van der Waals surface area contributed by atoms with E-state index >= 15 is 0 Å². The van der Waals surface area contributed by atoms with Crippen molar-refractivity contribution in [2.75, 3.05) is 0 Å². The van der Waals surface area contributed by atoms with Crippen LogP contribution in [0.1, 0.15) is 17.2 Å². The zero-order valence-corrected chi connectivity index (χ0v) is 8.41. The minimum atomic E-state index is 0.622. The average molecular weight is 177 g/mol. The summed E-state index contributed by atoms with van der Waals surface area (Å²) in [6.07, 6.45) is 3.36. The van der Waals surface area contributed by atoms with Gasteiger partial charge >= 0.3 is 0 Å². The van der Waals surface area contributed by atoms with Gasteiger partial charge in [0.1, 0.15) is 5.82 Å². The van der Waals surface area contributed by atoms with Gasteiger partial charge in [-0.25, -0.2) is 4.98 Å². The van der Waals surface area contributed by atoms with Gasteiger partial charge in [0.25, 0.3) is 0 Å². The van der Waals surface area contributed by atoms with Crippen molar-refractivity contribution in [1.29, 1.82) is 0 Å². The lowest BCUT2D eigenvalue weighted by Gasteiger charge is -1.98. The quantitative estimate of drug-likeness (QED) is 0.647. The number of aliphatic imine (C=N–C) groups is 1. The van der Waals surface area contributed by atoms with Crippen molar-refractivity contribution in [3.8, 4) is 0 Å². The van der Waals surface area contributed by atoms with Crippen LogP contribution >= 0.6 is 0 Å². The van der Waals surface area contributed by atoms with Crippen molar-refractivity contribution in [2.24, 2.45) is 12.0 Å². The van der Waals surface area contributed by atoms with Crippen LogP contribution in [-0.4, -0.2) is 15.8 Å². The number of aryl methyl sites for hydroxylation is 1. The molecule has 1 aromatic heterocycles. The van der Waals surface area contributed by atoms with Gasteiger partial charge in [-0.3, -0.25) is 4.99 Å². The first-order chi connectivity index (χ1) is 6.16. The first-order valence-corrected chi connectivity index (χ1v) is 4.26. The second-order valence-electron chi connectivity index (χ2n) is 2.98. The topological polar surface area (TPSA) is 30.2 Å². The fraction of sp³-hybridized carbons (Fsp3) is 0.400. The molecule has 0 aliphatic heterocycles. The summed E-state index contributed by atoms with van der Waals surface area (Å²) in [5.41, 5.74) is 2.27. The Hall–Kier alpha value is -1.38. The third kappa shape index (κ3) is 2.05. The second-order valence-corrected chi connectivity index (χ2v) is 2.98. The number of rotatable bonds is 3. The number of hydrogen-bond donors (Lipinski definition) is 0. The van der Waals surface area contributed by atoms with Gasteiger partial charge < -0.3 is 4.57 Å². The fourth-order valence-corrected chi connectivity index (χ4v) is 1.14. The maximum absolute atomic E-state index is 4.40. The minimum absolute atomic E-state index is 0.622. The van der Waals surface area contributed by atoms with Crippen molar-refractivity contribution in [3.05, 3.63) is 29.9 Å². The molecule has 70 valence electrons. The molecule has 1 rings (SSSR count). The summed E-state index contributed by atoms with van der Waals surface area (Å²) in [7, 11) is 2.01. The molecule has 0 spiro atoms. The molecule has 0 aliphatic rings. The van der Waals surface area contributed by atoms with Crippen molar-refractivity contribution >= 4 is 6.21 Å². The van der Waals surface area contributed by atoms with Crippen LogP contribution in [0.15, 0.2) is 17.6 Å². The van der Waals surface area contributed by atoms with Crippen LogP contribution in [0.25, 0.3) is 0 Å². The molecule has 0 atom stereocenters. The molecule has 0 bridgehead atoms. The molecule has 0 amide bonds. The van der Waals surface area contributed by atoms with E-state index in [1.54, 1.807) is 12.3 Å². The van der Waals surface area contributed by atoms with Gasteiger partial charge in [0.05, 0.1) is 12.2 Å². The van der Waals surface area contributed by atoms with Crippen LogP contribution in [0.4, 0.5) is 0 Å². The summed E-state index contributed by atoms with van der Waals surface area (Å²) >= 11 is 0. The molecule has 13 heavy (non-hydrogen) atoms. The molecule has 0 aromatic carbocycles. The van der Waals surface area contributed by atoms with Crippen molar-refractivity contribution < 1.29 is 0 Å². The largest absolute Gasteiger partial charge is 0.334 e. The number of aromatic nitrogens is 2. The maximum Gasteiger partial charge on any atom is 0.130 e. The molecule has 1 heterocycles. The Labute approximate surface area is 78.8 Å². The Morgan fingerprint density at radius 3 is 2.69 bits per heavy atom. The molecule has 0 fully saturated rings. The van der Waals surface area contributed by atoms with Crippen molar-refractivity contribution in [2.45, 2.75) is 20.4 Å². The lowest BCUT2D eigenvalue weighted by Crippen LogP contribution is -1.98. The Morgan fingerprint density at radius 2 is 2.23 bits per heavy atom.